The molecule has 1 aliphatic rings. The maximum Gasteiger partial charge on any atom is 0.231 e. The molecule has 1 fully saturated rings. The molecule has 0 aromatic carbocycles. The molecule has 0 bridgehead atoms. The van der Waals surface area contributed by atoms with Gasteiger partial charge in [-0.3, -0.25) is 0 Å². The summed E-state index contributed by atoms with van der Waals surface area (Å²) in [4.78, 5) is 5.29. The number of aromatic nitrogens is 2. The van der Waals surface area contributed by atoms with Crippen molar-refractivity contribution in [1.29, 1.82) is 5.26 Å². The second kappa shape index (κ2) is 3.17. The van der Waals surface area contributed by atoms with E-state index in [1.165, 1.54) is 0 Å². The summed E-state index contributed by atoms with van der Waals surface area (Å²) in [5.41, 5.74) is 0. The highest BCUT2D eigenvalue weighted by atomic mass is 32.1. The van der Waals surface area contributed by atoms with Crippen LogP contribution in [0.3, 0.4) is 0 Å². The number of hydrogen-bond acceptors (Lipinski definition) is 5. The fourth-order valence-corrected chi connectivity index (χ4v) is 2.15. The van der Waals surface area contributed by atoms with Gasteiger partial charge in [0.05, 0.1) is 22.8 Å². The molecule has 15 heavy (non-hydrogen) atoms. The van der Waals surface area contributed by atoms with Crippen molar-refractivity contribution in [3.8, 4) is 16.8 Å². The molecule has 2 heterocycles. The molecule has 0 amide bonds. The van der Waals surface area contributed by atoms with Crippen LogP contribution in [0.15, 0.2) is 22.0 Å². The predicted molar refractivity (Wildman–Crippen MR) is 54.1 cm³/mol. The summed E-state index contributed by atoms with van der Waals surface area (Å²) in [6.45, 7) is 0. The summed E-state index contributed by atoms with van der Waals surface area (Å²) in [6, 6.07) is 6.11. The molecule has 74 valence electrons. The first-order valence-electron chi connectivity index (χ1n) is 4.65. The van der Waals surface area contributed by atoms with Gasteiger partial charge in [0.25, 0.3) is 0 Å². The molecule has 0 saturated heterocycles. The average Bonchev–Trinajstić information content (AvgIpc) is 2.73. The molecule has 2 unspecified atom stereocenters. The van der Waals surface area contributed by atoms with Gasteiger partial charge in [-0.15, -0.1) is 11.3 Å². The van der Waals surface area contributed by atoms with E-state index in [-0.39, 0.29) is 11.8 Å². The zero-order valence-corrected chi connectivity index (χ0v) is 8.57. The van der Waals surface area contributed by atoms with Crippen LogP contribution in [-0.4, -0.2) is 10.1 Å². The van der Waals surface area contributed by atoms with E-state index < -0.39 is 0 Å². The predicted octanol–water partition coefficient (Wildman–Crippen LogP) is 2.43. The molecule has 0 aliphatic heterocycles. The Morgan fingerprint density at radius 1 is 1.60 bits per heavy atom. The highest BCUT2D eigenvalue weighted by Crippen LogP contribution is 2.46. The molecule has 2 aromatic heterocycles. The van der Waals surface area contributed by atoms with Gasteiger partial charge in [0, 0.05) is 0 Å². The lowest BCUT2D eigenvalue weighted by atomic mass is 10.3. The summed E-state index contributed by atoms with van der Waals surface area (Å²) in [5, 5.41) is 14.6. The van der Waals surface area contributed by atoms with E-state index in [4.69, 9.17) is 9.78 Å². The minimum Gasteiger partial charge on any atom is -0.339 e. The van der Waals surface area contributed by atoms with E-state index >= 15 is 0 Å². The Balaban J connectivity index is 1.87. The van der Waals surface area contributed by atoms with Crippen molar-refractivity contribution in [3.63, 3.8) is 0 Å². The Morgan fingerprint density at radius 2 is 2.53 bits per heavy atom. The molecule has 5 heteroatoms. The van der Waals surface area contributed by atoms with Crippen LogP contribution in [0.1, 0.15) is 18.2 Å². The minimum atomic E-state index is 0.0710. The fraction of sp³-hybridized carbons (Fsp3) is 0.300. The van der Waals surface area contributed by atoms with Gasteiger partial charge in [-0.25, -0.2) is 0 Å². The lowest BCUT2D eigenvalue weighted by molar-refractivity contribution is 0.378. The quantitative estimate of drug-likeness (QED) is 0.775. The lowest BCUT2D eigenvalue weighted by Crippen LogP contribution is -1.81. The van der Waals surface area contributed by atoms with Crippen LogP contribution in [0.25, 0.3) is 10.7 Å². The molecule has 2 atom stereocenters. The average molecular weight is 217 g/mol. The van der Waals surface area contributed by atoms with E-state index in [0.29, 0.717) is 11.7 Å². The van der Waals surface area contributed by atoms with E-state index in [1.54, 1.807) is 11.3 Å². The SMILES string of the molecule is N#CC1CC1c1nc(-c2cccs2)no1. The monoisotopic (exact) mass is 217 g/mol. The first kappa shape index (κ1) is 8.62. The van der Waals surface area contributed by atoms with Gasteiger partial charge in [0.15, 0.2) is 0 Å². The standard InChI is InChI=1S/C10H7N3OS/c11-5-6-4-7(6)10-12-9(13-14-10)8-2-1-3-15-8/h1-3,6-7H,4H2. The smallest absolute Gasteiger partial charge is 0.231 e. The van der Waals surface area contributed by atoms with E-state index in [1.807, 2.05) is 17.5 Å². The normalized spacial score (nSPS) is 23.7. The number of hydrogen-bond donors (Lipinski definition) is 0. The maximum atomic E-state index is 8.69. The number of rotatable bonds is 2. The summed E-state index contributed by atoms with van der Waals surface area (Å²) in [5.74, 6) is 1.46. The van der Waals surface area contributed by atoms with Crippen molar-refractivity contribution in [2.45, 2.75) is 12.3 Å². The third-order valence-corrected chi connectivity index (χ3v) is 3.32. The Morgan fingerprint density at radius 3 is 3.20 bits per heavy atom. The van der Waals surface area contributed by atoms with E-state index in [0.717, 1.165) is 11.3 Å². The van der Waals surface area contributed by atoms with Crippen molar-refractivity contribution >= 4 is 11.3 Å². The van der Waals surface area contributed by atoms with Crippen LogP contribution in [0.2, 0.25) is 0 Å². The van der Waals surface area contributed by atoms with Crippen LogP contribution in [-0.2, 0) is 0 Å². The van der Waals surface area contributed by atoms with Crippen LogP contribution in [0.5, 0.6) is 0 Å². The second-order valence-electron chi connectivity index (χ2n) is 3.51. The molecular formula is C10H7N3OS. The van der Waals surface area contributed by atoms with Crippen LogP contribution in [0.4, 0.5) is 0 Å². The molecule has 0 radical (unpaired) electrons. The number of nitrogens with zero attached hydrogens (tertiary/aromatic N) is 3. The van der Waals surface area contributed by atoms with Crippen molar-refractivity contribution in [3.05, 3.63) is 23.4 Å². The fourth-order valence-electron chi connectivity index (χ4n) is 1.50. The van der Waals surface area contributed by atoms with Crippen molar-refractivity contribution in [2.24, 2.45) is 5.92 Å². The maximum absolute atomic E-state index is 8.69. The van der Waals surface area contributed by atoms with Crippen molar-refractivity contribution in [1.82, 2.24) is 10.1 Å². The van der Waals surface area contributed by atoms with Crippen LogP contribution in [0, 0.1) is 17.2 Å². The molecule has 1 saturated carbocycles. The Hall–Kier alpha value is -1.67. The molecule has 3 rings (SSSR count). The Kier molecular flexibility index (Phi) is 1.82. The molecule has 0 N–H and O–H groups in total. The molecule has 4 nitrogen and oxygen atoms in total. The zero-order valence-electron chi connectivity index (χ0n) is 7.75. The summed E-state index contributed by atoms with van der Waals surface area (Å²) in [7, 11) is 0. The van der Waals surface area contributed by atoms with Crippen molar-refractivity contribution in [2.75, 3.05) is 0 Å². The van der Waals surface area contributed by atoms with Gasteiger partial charge < -0.3 is 4.52 Å². The van der Waals surface area contributed by atoms with Gasteiger partial charge in [-0.1, -0.05) is 11.2 Å². The van der Waals surface area contributed by atoms with Gasteiger partial charge in [-0.05, 0) is 17.9 Å². The highest BCUT2D eigenvalue weighted by molar-refractivity contribution is 7.13. The van der Waals surface area contributed by atoms with Gasteiger partial charge in [0.2, 0.25) is 11.7 Å². The Labute approximate surface area is 90.2 Å². The molecule has 1 aliphatic carbocycles. The van der Waals surface area contributed by atoms with Crippen molar-refractivity contribution < 1.29 is 4.52 Å². The van der Waals surface area contributed by atoms with Gasteiger partial charge in [-0.2, -0.15) is 10.2 Å². The van der Waals surface area contributed by atoms with Gasteiger partial charge >= 0.3 is 0 Å². The first-order chi connectivity index (χ1) is 7.38. The lowest BCUT2D eigenvalue weighted by Gasteiger charge is -1.83. The third-order valence-electron chi connectivity index (χ3n) is 2.46. The topological polar surface area (TPSA) is 62.7 Å². The number of thiophene rings is 1. The first-order valence-corrected chi connectivity index (χ1v) is 5.53. The molecule has 0 spiro atoms. The molecule has 2 aromatic rings. The number of nitriles is 1. The second-order valence-corrected chi connectivity index (χ2v) is 4.46. The van der Waals surface area contributed by atoms with Gasteiger partial charge in [0.1, 0.15) is 0 Å². The zero-order chi connectivity index (χ0) is 10.3. The third kappa shape index (κ3) is 1.43. The summed E-state index contributed by atoms with van der Waals surface area (Å²) < 4.78 is 5.14. The van der Waals surface area contributed by atoms with E-state index in [2.05, 4.69) is 16.2 Å². The highest BCUT2D eigenvalue weighted by Gasteiger charge is 2.43. The van der Waals surface area contributed by atoms with Crippen LogP contribution >= 0.6 is 11.3 Å². The summed E-state index contributed by atoms with van der Waals surface area (Å²) >= 11 is 1.58. The van der Waals surface area contributed by atoms with E-state index in [9.17, 15) is 0 Å². The largest absolute Gasteiger partial charge is 0.339 e. The van der Waals surface area contributed by atoms with Crippen LogP contribution < -0.4 is 0 Å². The Bertz CT molecular complexity index is 511. The minimum absolute atomic E-state index is 0.0710. The molecular weight excluding hydrogens is 210 g/mol. The summed E-state index contributed by atoms with van der Waals surface area (Å²) in [6.07, 6.45) is 0.850.